The Labute approximate surface area is 102 Å². The Bertz CT molecular complexity index is 502. The van der Waals surface area contributed by atoms with Crippen molar-refractivity contribution in [2.24, 2.45) is 5.92 Å². The Hall–Kier alpha value is -1.11. The summed E-state index contributed by atoms with van der Waals surface area (Å²) in [5.41, 5.74) is -1.14. The first-order valence-electron chi connectivity index (χ1n) is 5.35. The summed E-state index contributed by atoms with van der Waals surface area (Å²) in [6.45, 7) is 0.471. The summed E-state index contributed by atoms with van der Waals surface area (Å²) in [5, 5.41) is 8.92. The molecule has 0 amide bonds. The van der Waals surface area contributed by atoms with Gasteiger partial charge < -0.3 is 9.84 Å². The molecule has 1 saturated heterocycles. The number of nitrogens with zero attached hydrogens (tertiary/aromatic N) is 1. The highest BCUT2D eigenvalue weighted by Crippen LogP contribution is 2.24. The van der Waals surface area contributed by atoms with Crippen molar-refractivity contribution in [2.45, 2.75) is 19.1 Å². The average Bonchev–Trinajstić information content (AvgIpc) is 2.34. The van der Waals surface area contributed by atoms with Crippen LogP contribution in [-0.2, 0) is 4.74 Å². The van der Waals surface area contributed by atoms with Crippen LogP contribution in [0.3, 0.4) is 0 Å². The Balaban J connectivity index is 2.22. The maximum Gasteiger partial charge on any atom is 0.330 e. The summed E-state index contributed by atoms with van der Waals surface area (Å²) >= 11 is 5.66. The van der Waals surface area contributed by atoms with E-state index in [0.717, 1.165) is 6.42 Å². The first-order valence-corrected chi connectivity index (χ1v) is 5.73. The van der Waals surface area contributed by atoms with Crippen LogP contribution in [0.4, 0.5) is 0 Å². The number of hydrogen-bond donors (Lipinski definition) is 2. The van der Waals surface area contributed by atoms with Gasteiger partial charge in [-0.05, 0) is 12.8 Å². The molecule has 1 fully saturated rings. The number of halogens is 1. The monoisotopic (exact) mass is 260 g/mol. The highest BCUT2D eigenvalue weighted by molar-refractivity contribution is 6.30. The number of aliphatic hydroxyl groups excluding tert-OH is 1. The molecule has 94 valence electrons. The number of ether oxygens (including phenoxy) is 1. The Kier molecular flexibility index (Phi) is 3.66. The smallest absolute Gasteiger partial charge is 0.330 e. The van der Waals surface area contributed by atoms with Crippen molar-refractivity contribution in [1.82, 2.24) is 9.55 Å². The van der Waals surface area contributed by atoms with Gasteiger partial charge >= 0.3 is 5.69 Å². The zero-order valence-corrected chi connectivity index (χ0v) is 9.81. The Morgan fingerprint density at radius 2 is 2.29 bits per heavy atom. The van der Waals surface area contributed by atoms with E-state index in [0.29, 0.717) is 13.0 Å². The van der Waals surface area contributed by atoms with Gasteiger partial charge in [0, 0.05) is 18.7 Å². The van der Waals surface area contributed by atoms with Crippen LogP contribution < -0.4 is 11.2 Å². The molecular formula is C10H13ClN2O4. The third kappa shape index (κ3) is 2.59. The SMILES string of the molecule is O=c1[nH]c(=O)n(C2CCC(CO)CO2)cc1Cl. The van der Waals surface area contributed by atoms with Gasteiger partial charge in [0.15, 0.2) is 0 Å². The zero-order valence-electron chi connectivity index (χ0n) is 9.06. The van der Waals surface area contributed by atoms with Gasteiger partial charge in [0.1, 0.15) is 11.3 Å². The minimum Gasteiger partial charge on any atom is -0.396 e. The Morgan fingerprint density at radius 1 is 1.53 bits per heavy atom. The molecule has 2 heterocycles. The number of hydrogen-bond acceptors (Lipinski definition) is 4. The minimum atomic E-state index is -0.600. The number of rotatable bonds is 2. The third-order valence-corrected chi connectivity index (χ3v) is 3.11. The maximum absolute atomic E-state index is 11.6. The number of H-pyrrole nitrogens is 1. The van der Waals surface area contributed by atoms with Crippen LogP contribution in [0.2, 0.25) is 5.02 Å². The van der Waals surface area contributed by atoms with E-state index in [-0.39, 0.29) is 17.5 Å². The zero-order chi connectivity index (χ0) is 12.4. The van der Waals surface area contributed by atoms with E-state index in [2.05, 4.69) is 4.98 Å². The molecule has 0 bridgehead atoms. The van der Waals surface area contributed by atoms with Crippen molar-refractivity contribution in [1.29, 1.82) is 0 Å². The van der Waals surface area contributed by atoms with Crippen LogP contribution in [0, 0.1) is 5.92 Å². The summed E-state index contributed by atoms with van der Waals surface area (Å²) in [7, 11) is 0. The van der Waals surface area contributed by atoms with Crippen molar-refractivity contribution in [2.75, 3.05) is 13.2 Å². The highest BCUT2D eigenvalue weighted by atomic mass is 35.5. The first-order chi connectivity index (χ1) is 8.11. The summed E-state index contributed by atoms with van der Waals surface area (Å²) in [6.07, 6.45) is 2.23. The molecule has 7 heteroatoms. The molecular weight excluding hydrogens is 248 g/mol. The molecule has 1 aromatic heterocycles. The van der Waals surface area contributed by atoms with Crippen molar-refractivity contribution in [3.63, 3.8) is 0 Å². The van der Waals surface area contributed by atoms with E-state index in [1.807, 2.05) is 0 Å². The van der Waals surface area contributed by atoms with Gasteiger partial charge in [-0.3, -0.25) is 14.3 Å². The molecule has 1 aromatic rings. The van der Waals surface area contributed by atoms with Crippen LogP contribution in [0.1, 0.15) is 19.1 Å². The van der Waals surface area contributed by atoms with E-state index in [4.69, 9.17) is 21.4 Å². The van der Waals surface area contributed by atoms with Gasteiger partial charge in [0.25, 0.3) is 5.56 Å². The number of aromatic nitrogens is 2. The van der Waals surface area contributed by atoms with E-state index >= 15 is 0 Å². The fraction of sp³-hybridized carbons (Fsp3) is 0.600. The minimum absolute atomic E-state index is 0.0440. The van der Waals surface area contributed by atoms with Crippen molar-refractivity contribution < 1.29 is 9.84 Å². The van der Waals surface area contributed by atoms with Crippen LogP contribution in [0.25, 0.3) is 0 Å². The fourth-order valence-electron chi connectivity index (χ4n) is 1.83. The van der Waals surface area contributed by atoms with Crippen molar-refractivity contribution >= 4 is 11.6 Å². The molecule has 17 heavy (non-hydrogen) atoms. The Morgan fingerprint density at radius 3 is 2.88 bits per heavy atom. The van der Waals surface area contributed by atoms with Gasteiger partial charge in [-0.2, -0.15) is 0 Å². The molecule has 0 saturated carbocycles. The van der Waals surface area contributed by atoms with Crippen LogP contribution in [-0.4, -0.2) is 27.9 Å². The number of aliphatic hydroxyl groups is 1. The van der Waals surface area contributed by atoms with E-state index < -0.39 is 17.5 Å². The van der Waals surface area contributed by atoms with Crippen LogP contribution >= 0.6 is 11.6 Å². The van der Waals surface area contributed by atoms with Crippen molar-refractivity contribution in [3.05, 3.63) is 32.1 Å². The fourth-order valence-corrected chi connectivity index (χ4v) is 1.98. The van der Waals surface area contributed by atoms with Gasteiger partial charge in [0.2, 0.25) is 0 Å². The average molecular weight is 261 g/mol. The molecule has 2 N–H and O–H groups in total. The predicted octanol–water partition coefficient (Wildman–Crippen LogP) is 0.107. The summed E-state index contributed by atoms with van der Waals surface area (Å²) in [6, 6.07) is 0. The third-order valence-electron chi connectivity index (χ3n) is 2.84. The predicted molar refractivity (Wildman–Crippen MR) is 61.1 cm³/mol. The maximum atomic E-state index is 11.6. The lowest BCUT2D eigenvalue weighted by molar-refractivity contribution is -0.0709. The molecule has 0 aromatic carbocycles. The lowest BCUT2D eigenvalue weighted by atomic mass is 10.0. The number of nitrogens with one attached hydrogen (secondary N) is 1. The summed E-state index contributed by atoms with van der Waals surface area (Å²) in [4.78, 5) is 24.8. The first kappa shape index (κ1) is 12.3. The lowest BCUT2D eigenvalue weighted by Crippen LogP contribution is -2.36. The summed E-state index contributed by atoms with van der Waals surface area (Å²) < 4.78 is 6.74. The molecule has 0 radical (unpaired) electrons. The second-order valence-corrected chi connectivity index (χ2v) is 4.46. The topological polar surface area (TPSA) is 84.3 Å². The molecule has 0 aliphatic carbocycles. The van der Waals surface area contributed by atoms with Gasteiger partial charge in [0.05, 0.1) is 6.61 Å². The molecule has 1 aliphatic heterocycles. The van der Waals surface area contributed by atoms with Gasteiger partial charge in [-0.25, -0.2) is 4.79 Å². The second-order valence-electron chi connectivity index (χ2n) is 4.06. The normalized spacial score (nSPS) is 24.8. The van der Waals surface area contributed by atoms with Crippen LogP contribution in [0.5, 0.6) is 0 Å². The number of aromatic amines is 1. The molecule has 2 atom stereocenters. The molecule has 2 rings (SSSR count). The standard InChI is InChI=1S/C10H13ClN2O4/c11-7-3-13(10(16)12-9(7)15)8-2-1-6(4-14)5-17-8/h3,6,8,14H,1-2,4-5H2,(H,12,15,16). The molecule has 0 spiro atoms. The van der Waals surface area contributed by atoms with Crippen LogP contribution in [0.15, 0.2) is 15.8 Å². The largest absolute Gasteiger partial charge is 0.396 e. The molecule has 2 unspecified atom stereocenters. The molecule has 1 aliphatic rings. The summed E-state index contributed by atoms with van der Waals surface area (Å²) in [5.74, 6) is 0.111. The van der Waals surface area contributed by atoms with E-state index in [1.165, 1.54) is 10.8 Å². The van der Waals surface area contributed by atoms with Gasteiger partial charge in [-0.1, -0.05) is 11.6 Å². The van der Waals surface area contributed by atoms with E-state index in [1.54, 1.807) is 0 Å². The second kappa shape index (κ2) is 5.03. The van der Waals surface area contributed by atoms with E-state index in [9.17, 15) is 9.59 Å². The highest BCUT2D eigenvalue weighted by Gasteiger charge is 2.23. The van der Waals surface area contributed by atoms with Gasteiger partial charge in [-0.15, -0.1) is 0 Å². The van der Waals surface area contributed by atoms with Crippen molar-refractivity contribution in [3.8, 4) is 0 Å². The molecule has 6 nitrogen and oxygen atoms in total. The quantitative estimate of drug-likeness (QED) is 0.790. The lowest BCUT2D eigenvalue weighted by Gasteiger charge is -2.28.